The van der Waals surface area contributed by atoms with Gasteiger partial charge in [0.05, 0.1) is 22.8 Å². The molecule has 2 nitrogen and oxygen atoms in total. The van der Waals surface area contributed by atoms with Gasteiger partial charge in [-0.1, -0.05) is 17.7 Å². The average molecular weight is 239 g/mol. The van der Waals surface area contributed by atoms with E-state index in [2.05, 4.69) is 11.0 Å². The molecule has 78 valence electrons. The summed E-state index contributed by atoms with van der Waals surface area (Å²) in [6.45, 7) is 2.05. The van der Waals surface area contributed by atoms with Crippen molar-refractivity contribution in [1.29, 1.82) is 5.26 Å². The Labute approximate surface area is 98.8 Å². The Bertz CT molecular complexity index is 427. The SMILES string of the molecule is CC1C(C#N)Sc2cccc(Cl)c2N1C. The van der Waals surface area contributed by atoms with Gasteiger partial charge < -0.3 is 4.90 Å². The normalized spacial score (nSPS) is 24.5. The van der Waals surface area contributed by atoms with Crippen LogP contribution in [-0.4, -0.2) is 18.3 Å². The van der Waals surface area contributed by atoms with Gasteiger partial charge in [0.1, 0.15) is 5.25 Å². The molecule has 4 heteroatoms. The molecule has 1 aliphatic rings. The van der Waals surface area contributed by atoms with Gasteiger partial charge in [-0.25, -0.2) is 0 Å². The zero-order chi connectivity index (χ0) is 11.0. The molecule has 2 atom stereocenters. The number of halogens is 1. The number of hydrogen-bond acceptors (Lipinski definition) is 3. The molecule has 1 heterocycles. The van der Waals surface area contributed by atoms with Gasteiger partial charge in [0.25, 0.3) is 0 Å². The Morgan fingerprint density at radius 3 is 2.93 bits per heavy atom. The number of thioether (sulfide) groups is 1. The fourth-order valence-corrected chi connectivity index (χ4v) is 3.30. The molecule has 2 rings (SSSR count). The Morgan fingerprint density at radius 1 is 1.53 bits per heavy atom. The van der Waals surface area contributed by atoms with Gasteiger partial charge in [0, 0.05) is 11.9 Å². The third-order valence-corrected chi connectivity index (χ3v) is 4.37. The molecule has 0 N–H and O–H groups in total. The highest BCUT2D eigenvalue weighted by atomic mass is 35.5. The quantitative estimate of drug-likeness (QED) is 0.695. The monoisotopic (exact) mass is 238 g/mol. The first-order valence-corrected chi connectivity index (χ1v) is 5.98. The average Bonchev–Trinajstić information content (AvgIpc) is 2.23. The van der Waals surface area contributed by atoms with Crippen molar-refractivity contribution >= 4 is 29.1 Å². The molecule has 0 bridgehead atoms. The fourth-order valence-electron chi connectivity index (χ4n) is 1.71. The molecule has 2 unspecified atom stereocenters. The van der Waals surface area contributed by atoms with Crippen LogP contribution in [0.1, 0.15) is 6.92 Å². The lowest BCUT2D eigenvalue weighted by Crippen LogP contribution is -2.40. The summed E-state index contributed by atoms with van der Waals surface area (Å²) in [5.41, 5.74) is 1.04. The van der Waals surface area contributed by atoms with Crippen LogP contribution < -0.4 is 4.90 Å². The minimum Gasteiger partial charge on any atom is -0.368 e. The third kappa shape index (κ3) is 1.68. The molecule has 0 aromatic heterocycles. The van der Waals surface area contributed by atoms with E-state index in [0.29, 0.717) is 0 Å². The van der Waals surface area contributed by atoms with Gasteiger partial charge in [-0.2, -0.15) is 5.26 Å². The zero-order valence-electron chi connectivity index (χ0n) is 8.57. The van der Waals surface area contributed by atoms with Gasteiger partial charge in [0.2, 0.25) is 0 Å². The van der Waals surface area contributed by atoms with Crippen LogP contribution in [0.4, 0.5) is 5.69 Å². The van der Waals surface area contributed by atoms with Crippen molar-refractivity contribution in [3.05, 3.63) is 23.2 Å². The Kier molecular flexibility index (Phi) is 2.81. The topological polar surface area (TPSA) is 27.0 Å². The predicted molar refractivity (Wildman–Crippen MR) is 64.6 cm³/mol. The van der Waals surface area contributed by atoms with E-state index >= 15 is 0 Å². The van der Waals surface area contributed by atoms with Crippen LogP contribution in [0.2, 0.25) is 5.02 Å². The molecule has 0 amide bonds. The molecule has 15 heavy (non-hydrogen) atoms. The minimum absolute atomic E-state index is 0.0269. The molecule has 0 saturated carbocycles. The van der Waals surface area contributed by atoms with Gasteiger partial charge in [-0.05, 0) is 19.1 Å². The van der Waals surface area contributed by atoms with E-state index in [1.807, 2.05) is 32.2 Å². The number of fused-ring (bicyclic) bond motifs is 1. The summed E-state index contributed by atoms with van der Waals surface area (Å²) in [5.74, 6) is 0. The molecule has 0 radical (unpaired) electrons. The van der Waals surface area contributed by atoms with E-state index in [1.165, 1.54) is 0 Å². The third-order valence-electron chi connectivity index (χ3n) is 2.73. The summed E-state index contributed by atoms with van der Waals surface area (Å²) in [6.07, 6.45) is 0. The van der Waals surface area contributed by atoms with Gasteiger partial charge >= 0.3 is 0 Å². The van der Waals surface area contributed by atoms with E-state index in [1.54, 1.807) is 11.8 Å². The first-order chi connectivity index (χ1) is 7.15. The number of nitrogens with zero attached hydrogens (tertiary/aromatic N) is 2. The Morgan fingerprint density at radius 2 is 2.27 bits per heavy atom. The molecule has 0 fully saturated rings. The highest BCUT2D eigenvalue weighted by Gasteiger charge is 2.30. The van der Waals surface area contributed by atoms with Crippen LogP contribution in [-0.2, 0) is 0 Å². The van der Waals surface area contributed by atoms with E-state index in [-0.39, 0.29) is 11.3 Å². The second-order valence-electron chi connectivity index (χ2n) is 3.61. The van der Waals surface area contributed by atoms with Crippen molar-refractivity contribution in [3.8, 4) is 6.07 Å². The maximum Gasteiger partial charge on any atom is 0.116 e. The summed E-state index contributed by atoms with van der Waals surface area (Å²) in [4.78, 5) is 3.18. The number of nitriles is 1. The van der Waals surface area contributed by atoms with Gasteiger partial charge in [-0.15, -0.1) is 11.8 Å². The summed E-state index contributed by atoms with van der Waals surface area (Å²) < 4.78 is 0. The molecule has 0 aliphatic carbocycles. The lowest BCUT2D eigenvalue weighted by molar-refractivity contribution is 0.698. The highest BCUT2D eigenvalue weighted by Crippen LogP contribution is 2.44. The molecular weight excluding hydrogens is 228 g/mol. The molecule has 1 aliphatic heterocycles. The van der Waals surface area contributed by atoms with Crippen LogP contribution in [0.25, 0.3) is 0 Å². The van der Waals surface area contributed by atoms with Crippen LogP contribution in [0.5, 0.6) is 0 Å². The lowest BCUT2D eigenvalue weighted by Gasteiger charge is -2.36. The van der Waals surface area contributed by atoms with Crippen molar-refractivity contribution in [1.82, 2.24) is 0 Å². The Hall–Kier alpha value is -0.850. The summed E-state index contributed by atoms with van der Waals surface area (Å²) in [5, 5.41) is 9.77. The largest absolute Gasteiger partial charge is 0.368 e. The van der Waals surface area contributed by atoms with E-state index in [0.717, 1.165) is 15.6 Å². The molecule has 0 saturated heterocycles. The maximum atomic E-state index is 9.04. The number of para-hydroxylation sites is 1. The number of hydrogen-bond donors (Lipinski definition) is 0. The van der Waals surface area contributed by atoms with Crippen molar-refractivity contribution < 1.29 is 0 Å². The fraction of sp³-hybridized carbons (Fsp3) is 0.364. The van der Waals surface area contributed by atoms with E-state index in [9.17, 15) is 0 Å². The van der Waals surface area contributed by atoms with Crippen LogP contribution in [0, 0.1) is 11.3 Å². The number of anilines is 1. The van der Waals surface area contributed by atoms with Crippen molar-refractivity contribution in [2.75, 3.05) is 11.9 Å². The number of benzene rings is 1. The van der Waals surface area contributed by atoms with Crippen molar-refractivity contribution in [3.63, 3.8) is 0 Å². The minimum atomic E-state index is -0.0269. The van der Waals surface area contributed by atoms with Crippen molar-refractivity contribution in [2.24, 2.45) is 0 Å². The van der Waals surface area contributed by atoms with E-state index < -0.39 is 0 Å². The standard InChI is InChI=1S/C11H11ClN2S/c1-7-10(6-13)15-9-5-3-4-8(12)11(9)14(7)2/h3-5,7,10H,1-2H3. The predicted octanol–water partition coefficient (Wildman–Crippen LogP) is 3.16. The first-order valence-electron chi connectivity index (χ1n) is 4.72. The van der Waals surface area contributed by atoms with Crippen LogP contribution in [0.3, 0.4) is 0 Å². The summed E-state index contributed by atoms with van der Waals surface area (Å²) in [7, 11) is 1.99. The van der Waals surface area contributed by atoms with Gasteiger partial charge in [0.15, 0.2) is 0 Å². The summed E-state index contributed by atoms with van der Waals surface area (Å²) >= 11 is 7.75. The highest BCUT2D eigenvalue weighted by molar-refractivity contribution is 8.00. The Balaban J connectivity index is 2.51. The van der Waals surface area contributed by atoms with Crippen LogP contribution in [0.15, 0.2) is 23.1 Å². The smallest absolute Gasteiger partial charge is 0.116 e. The van der Waals surface area contributed by atoms with Gasteiger partial charge in [-0.3, -0.25) is 0 Å². The first kappa shape index (κ1) is 10.7. The molecule has 1 aromatic rings. The summed E-state index contributed by atoms with van der Waals surface area (Å²) in [6, 6.07) is 8.33. The molecule has 0 spiro atoms. The molecule has 1 aromatic carbocycles. The zero-order valence-corrected chi connectivity index (χ0v) is 10.1. The molecular formula is C11H11ClN2S. The number of rotatable bonds is 0. The van der Waals surface area contributed by atoms with Crippen LogP contribution >= 0.6 is 23.4 Å². The maximum absolute atomic E-state index is 9.04. The second-order valence-corrected chi connectivity index (χ2v) is 5.20. The van der Waals surface area contributed by atoms with E-state index in [4.69, 9.17) is 16.9 Å². The van der Waals surface area contributed by atoms with Crippen molar-refractivity contribution in [2.45, 2.75) is 23.1 Å². The lowest BCUT2D eigenvalue weighted by atomic mass is 10.2. The second kappa shape index (κ2) is 3.96.